The number of carboxylic acids is 1. The highest BCUT2D eigenvalue weighted by atomic mass is 16.4. The molecule has 100 valence electrons. The van der Waals surface area contributed by atoms with Gasteiger partial charge in [0.1, 0.15) is 0 Å². The first-order valence-corrected chi connectivity index (χ1v) is 6.41. The minimum Gasteiger partial charge on any atom is -0.478 e. The Bertz CT molecular complexity index is 640. The van der Waals surface area contributed by atoms with Crippen LogP contribution in [0.5, 0.6) is 0 Å². The molecule has 4 nitrogen and oxygen atoms in total. The second-order valence-electron chi connectivity index (χ2n) is 4.66. The van der Waals surface area contributed by atoms with Gasteiger partial charge in [0.2, 0.25) is 0 Å². The lowest BCUT2D eigenvalue weighted by molar-refractivity contribution is 0.0697. The number of hydrogen-bond acceptors (Lipinski definition) is 2. The fourth-order valence-corrected chi connectivity index (χ4v) is 2.39. The van der Waals surface area contributed by atoms with Crippen molar-refractivity contribution in [3.8, 4) is 0 Å². The summed E-state index contributed by atoms with van der Waals surface area (Å²) in [6, 6.07) is 4.95. The Morgan fingerprint density at radius 3 is 2.74 bits per heavy atom. The quantitative estimate of drug-likeness (QED) is 0.838. The van der Waals surface area contributed by atoms with E-state index < -0.39 is 5.97 Å². The summed E-state index contributed by atoms with van der Waals surface area (Å²) in [5.41, 5.74) is 2.64. The summed E-state index contributed by atoms with van der Waals surface area (Å²) in [7, 11) is 0. The van der Waals surface area contributed by atoms with Crippen LogP contribution in [0, 0.1) is 6.92 Å². The standard InChI is InChI=1S/C15H17NO3/c1-3-4-7-16-10(2)13(9-17)12-8-11(15(18)19)5-6-14(12)16/h5-6,8-9H,3-4,7H2,1-2H3,(H,18,19). The van der Waals surface area contributed by atoms with Crippen molar-refractivity contribution in [3.63, 3.8) is 0 Å². The number of aryl methyl sites for hydroxylation is 1. The maximum absolute atomic E-state index is 11.2. The van der Waals surface area contributed by atoms with E-state index in [2.05, 4.69) is 11.5 Å². The Labute approximate surface area is 111 Å². The molecule has 0 fully saturated rings. The predicted octanol–water partition coefficient (Wildman–Crippen LogP) is 3.26. The van der Waals surface area contributed by atoms with Gasteiger partial charge in [-0.15, -0.1) is 0 Å². The first kappa shape index (κ1) is 13.3. The number of aromatic nitrogens is 1. The Morgan fingerprint density at radius 1 is 1.42 bits per heavy atom. The highest BCUT2D eigenvalue weighted by Crippen LogP contribution is 2.26. The number of carboxylic acid groups (broad SMARTS) is 1. The van der Waals surface area contributed by atoms with E-state index in [-0.39, 0.29) is 5.56 Å². The van der Waals surface area contributed by atoms with Gasteiger partial charge in [-0.25, -0.2) is 4.79 Å². The molecule has 2 rings (SSSR count). The fourth-order valence-electron chi connectivity index (χ4n) is 2.39. The van der Waals surface area contributed by atoms with Gasteiger partial charge in [0.25, 0.3) is 0 Å². The molecule has 0 atom stereocenters. The molecule has 1 heterocycles. The van der Waals surface area contributed by atoms with Crippen molar-refractivity contribution >= 4 is 23.2 Å². The molecule has 0 saturated carbocycles. The Kier molecular flexibility index (Phi) is 3.69. The van der Waals surface area contributed by atoms with Crippen molar-refractivity contribution in [1.82, 2.24) is 4.57 Å². The fraction of sp³-hybridized carbons (Fsp3) is 0.333. The van der Waals surface area contributed by atoms with Crippen molar-refractivity contribution in [2.24, 2.45) is 0 Å². The van der Waals surface area contributed by atoms with Crippen LogP contribution in [0.15, 0.2) is 18.2 Å². The number of carbonyl (C=O) groups is 2. The van der Waals surface area contributed by atoms with Gasteiger partial charge in [0.05, 0.1) is 5.56 Å². The van der Waals surface area contributed by atoms with Gasteiger partial charge < -0.3 is 9.67 Å². The third-order valence-corrected chi connectivity index (χ3v) is 3.47. The van der Waals surface area contributed by atoms with Crippen molar-refractivity contribution in [3.05, 3.63) is 35.0 Å². The van der Waals surface area contributed by atoms with Gasteiger partial charge in [0.15, 0.2) is 6.29 Å². The van der Waals surface area contributed by atoms with E-state index in [1.54, 1.807) is 18.2 Å². The summed E-state index contributed by atoms with van der Waals surface area (Å²) < 4.78 is 2.09. The van der Waals surface area contributed by atoms with E-state index in [1.165, 1.54) is 0 Å². The molecule has 0 aliphatic carbocycles. The summed E-state index contributed by atoms with van der Waals surface area (Å²) >= 11 is 0. The van der Waals surface area contributed by atoms with Crippen LogP contribution in [-0.4, -0.2) is 21.9 Å². The molecule has 2 aromatic rings. The molecule has 1 aromatic heterocycles. The minimum atomic E-state index is -0.974. The maximum Gasteiger partial charge on any atom is 0.335 e. The lowest BCUT2D eigenvalue weighted by atomic mass is 10.1. The number of unbranched alkanes of at least 4 members (excludes halogenated alkanes) is 1. The van der Waals surface area contributed by atoms with Crippen LogP contribution in [0.1, 0.15) is 46.2 Å². The number of aldehydes is 1. The molecule has 0 radical (unpaired) electrons. The monoisotopic (exact) mass is 259 g/mol. The summed E-state index contributed by atoms with van der Waals surface area (Å²) in [6.07, 6.45) is 2.91. The molecule has 1 aromatic carbocycles. The zero-order valence-electron chi connectivity index (χ0n) is 11.1. The van der Waals surface area contributed by atoms with Crippen LogP contribution in [0.2, 0.25) is 0 Å². The SMILES string of the molecule is CCCCn1c(C)c(C=O)c2cc(C(=O)O)ccc21. The number of fused-ring (bicyclic) bond motifs is 1. The van der Waals surface area contributed by atoms with E-state index in [9.17, 15) is 9.59 Å². The van der Waals surface area contributed by atoms with Gasteiger partial charge in [0, 0.05) is 28.7 Å². The lowest BCUT2D eigenvalue weighted by Crippen LogP contribution is -2.00. The minimum absolute atomic E-state index is 0.211. The van der Waals surface area contributed by atoms with E-state index in [0.29, 0.717) is 5.56 Å². The molecule has 0 aliphatic heterocycles. The van der Waals surface area contributed by atoms with Crippen LogP contribution >= 0.6 is 0 Å². The summed E-state index contributed by atoms with van der Waals surface area (Å²) in [6.45, 7) is 4.86. The predicted molar refractivity (Wildman–Crippen MR) is 73.9 cm³/mol. The van der Waals surface area contributed by atoms with Crippen molar-refractivity contribution < 1.29 is 14.7 Å². The molecular weight excluding hydrogens is 242 g/mol. The van der Waals surface area contributed by atoms with Crippen molar-refractivity contribution in [1.29, 1.82) is 0 Å². The van der Waals surface area contributed by atoms with Gasteiger partial charge in [-0.05, 0) is 31.5 Å². The highest BCUT2D eigenvalue weighted by molar-refractivity contribution is 6.02. The number of aromatic carboxylic acids is 1. The molecule has 0 saturated heterocycles. The first-order valence-electron chi connectivity index (χ1n) is 6.41. The van der Waals surface area contributed by atoms with Crippen LogP contribution in [-0.2, 0) is 6.54 Å². The number of carbonyl (C=O) groups excluding carboxylic acids is 1. The smallest absolute Gasteiger partial charge is 0.335 e. The molecule has 0 bridgehead atoms. The maximum atomic E-state index is 11.2. The van der Waals surface area contributed by atoms with Crippen LogP contribution in [0.3, 0.4) is 0 Å². The number of hydrogen-bond donors (Lipinski definition) is 1. The largest absolute Gasteiger partial charge is 0.478 e. The molecule has 4 heteroatoms. The Hall–Kier alpha value is -2.10. The molecule has 0 aliphatic rings. The normalized spacial score (nSPS) is 10.8. The van der Waals surface area contributed by atoms with Crippen molar-refractivity contribution in [2.75, 3.05) is 0 Å². The average Bonchev–Trinajstić information content (AvgIpc) is 2.66. The topological polar surface area (TPSA) is 59.3 Å². The van der Waals surface area contributed by atoms with Crippen LogP contribution in [0.25, 0.3) is 10.9 Å². The van der Waals surface area contributed by atoms with E-state index in [1.807, 2.05) is 6.92 Å². The van der Waals surface area contributed by atoms with Crippen LogP contribution in [0.4, 0.5) is 0 Å². The van der Waals surface area contributed by atoms with Crippen molar-refractivity contribution in [2.45, 2.75) is 33.2 Å². The van der Waals surface area contributed by atoms with Gasteiger partial charge >= 0.3 is 5.97 Å². The van der Waals surface area contributed by atoms with Crippen LogP contribution < -0.4 is 0 Å². The third-order valence-electron chi connectivity index (χ3n) is 3.47. The summed E-state index contributed by atoms with van der Waals surface area (Å²) in [4.78, 5) is 22.3. The summed E-state index contributed by atoms with van der Waals surface area (Å²) in [5.74, 6) is -0.974. The first-order chi connectivity index (χ1) is 9.10. The van der Waals surface area contributed by atoms with E-state index in [0.717, 1.165) is 42.3 Å². The Morgan fingerprint density at radius 2 is 2.16 bits per heavy atom. The lowest BCUT2D eigenvalue weighted by Gasteiger charge is -2.07. The molecule has 1 N–H and O–H groups in total. The van der Waals surface area contributed by atoms with E-state index in [4.69, 9.17) is 5.11 Å². The van der Waals surface area contributed by atoms with Gasteiger partial charge in [-0.1, -0.05) is 13.3 Å². The van der Waals surface area contributed by atoms with E-state index >= 15 is 0 Å². The van der Waals surface area contributed by atoms with Gasteiger partial charge in [-0.2, -0.15) is 0 Å². The number of rotatable bonds is 5. The van der Waals surface area contributed by atoms with Gasteiger partial charge in [-0.3, -0.25) is 4.79 Å². The summed E-state index contributed by atoms with van der Waals surface area (Å²) in [5, 5.41) is 9.76. The Balaban J connectivity index is 2.67. The molecule has 19 heavy (non-hydrogen) atoms. The molecule has 0 spiro atoms. The third kappa shape index (κ3) is 2.26. The molecule has 0 amide bonds. The number of benzene rings is 1. The zero-order valence-corrected chi connectivity index (χ0v) is 11.1. The second-order valence-corrected chi connectivity index (χ2v) is 4.66. The second kappa shape index (κ2) is 5.26. The number of nitrogens with zero attached hydrogens (tertiary/aromatic N) is 1. The average molecular weight is 259 g/mol. The molecular formula is C15H17NO3. The zero-order chi connectivity index (χ0) is 14.0. The highest BCUT2D eigenvalue weighted by Gasteiger charge is 2.15. The molecule has 0 unspecified atom stereocenters.